The van der Waals surface area contributed by atoms with Crippen LogP contribution in [-0.2, 0) is 10.0 Å². The molecule has 0 N–H and O–H groups in total. The summed E-state index contributed by atoms with van der Waals surface area (Å²) in [4.78, 5) is 0.255. The van der Waals surface area contributed by atoms with E-state index in [0.29, 0.717) is 4.21 Å². The van der Waals surface area contributed by atoms with E-state index in [4.69, 9.17) is 0 Å². The van der Waals surface area contributed by atoms with Gasteiger partial charge in [0.2, 0.25) is 0 Å². The van der Waals surface area contributed by atoms with Crippen LogP contribution in [0.4, 0.5) is 0 Å². The molecule has 0 radical (unpaired) electrons. The lowest BCUT2D eigenvalue weighted by Gasteiger charge is -2.34. The van der Waals surface area contributed by atoms with Crippen LogP contribution < -0.4 is 0 Å². The van der Waals surface area contributed by atoms with Gasteiger partial charge in [-0.15, -0.1) is 11.3 Å². The summed E-state index contributed by atoms with van der Waals surface area (Å²) in [6.07, 6.45) is 4.23. The summed E-state index contributed by atoms with van der Waals surface area (Å²) in [7, 11) is -1.68. The van der Waals surface area contributed by atoms with Gasteiger partial charge in [-0.25, -0.2) is 8.42 Å². The molecule has 0 bridgehead atoms. The Kier molecular flexibility index (Phi) is 5.15. The number of alkyl halides is 1. The number of hydrogen-bond donors (Lipinski definition) is 0. The minimum Gasteiger partial charge on any atom is -0.206 e. The van der Waals surface area contributed by atoms with E-state index in [0.717, 1.165) is 28.6 Å². The first-order chi connectivity index (χ1) is 8.84. The van der Waals surface area contributed by atoms with Gasteiger partial charge in [0.15, 0.2) is 0 Å². The van der Waals surface area contributed by atoms with Crippen molar-refractivity contribution in [3.63, 3.8) is 0 Å². The quantitative estimate of drug-likeness (QED) is 0.675. The third-order valence-corrected chi connectivity index (χ3v) is 9.12. The van der Waals surface area contributed by atoms with Crippen LogP contribution in [0, 0.1) is 6.92 Å². The van der Waals surface area contributed by atoms with Gasteiger partial charge in [-0.3, -0.25) is 0 Å². The Bertz CT molecular complexity index is 537. The van der Waals surface area contributed by atoms with E-state index in [9.17, 15) is 8.42 Å². The van der Waals surface area contributed by atoms with Crippen LogP contribution in [0.3, 0.4) is 0 Å². The van der Waals surface area contributed by atoms with Crippen LogP contribution in [0.2, 0.25) is 0 Å². The van der Waals surface area contributed by atoms with Gasteiger partial charge >= 0.3 is 0 Å². The summed E-state index contributed by atoms with van der Waals surface area (Å²) >= 11 is 8.31. The smallest absolute Gasteiger partial charge is 0.206 e. The molecule has 0 aromatic carbocycles. The van der Waals surface area contributed by atoms with Gasteiger partial charge in [0.1, 0.15) is 4.21 Å². The first-order valence-electron chi connectivity index (χ1n) is 6.22. The minimum atomic E-state index is -3.38. The molecule has 0 amide bonds. The SMILES string of the molecule is Cc1cc(S(=O)(=O)N(C)C2CCCCC2Br)sc1Br. The average molecular weight is 431 g/mol. The van der Waals surface area contributed by atoms with Crippen molar-refractivity contribution < 1.29 is 8.42 Å². The van der Waals surface area contributed by atoms with Crippen molar-refractivity contribution in [3.05, 3.63) is 15.4 Å². The molecule has 0 saturated heterocycles. The van der Waals surface area contributed by atoms with E-state index in [2.05, 4.69) is 31.9 Å². The third-order valence-electron chi connectivity index (χ3n) is 3.58. The largest absolute Gasteiger partial charge is 0.252 e. The standard InChI is InChI=1S/C12H17Br2NO2S2/c1-8-7-11(18-12(8)14)19(16,17)15(2)10-6-4-3-5-9(10)13/h7,9-10H,3-6H2,1-2H3. The average Bonchev–Trinajstić information content (AvgIpc) is 2.70. The van der Waals surface area contributed by atoms with Crippen molar-refractivity contribution >= 4 is 53.2 Å². The van der Waals surface area contributed by atoms with Gasteiger partial charge in [0.05, 0.1) is 3.79 Å². The van der Waals surface area contributed by atoms with E-state index in [1.54, 1.807) is 17.4 Å². The normalized spacial score (nSPS) is 24.9. The first kappa shape index (κ1) is 15.9. The fraction of sp³-hybridized carbons (Fsp3) is 0.667. The second-order valence-corrected chi connectivity index (χ2v) is 10.7. The molecule has 1 aliphatic carbocycles. The Balaban J connectivity index is 2.28. The second kappa shape index (κ2) is 6.13. The predicted molar refractivity (Wildman–Crippen MR) is 86.7 cm³/mol. The maximum Gasteiger partial charge on any atom is 0.252 e. The molecule has 0 aliphatic heterocycles. The molecule has 1 fully saturated rings. The second-order valence-electron chi connectivity index (χ2n) is 4.91. The first-order valence-corrected chi connectivity index (χ1v) is 10.2. The van der Waals surface area contributed by atoms with Crippen LogP contribution in [0.25, 0.3) is 0 Å². The highest BCUT2D eigenvalue weighted by Gasteiger charge is 2.34. The van der Waals surface area contributed by atoms with E-state index < -0.39 is 10.0 Å². The zero-order valence-corrected chi connectivity index (χ0v) is 15.7. The minimum absolute atomic E-state index is 0.0555. The zero-order valence-electron chi connectivity index (χ0n) is 10.9. The van der Waals surface area contributed by atoms with Gasteiger partial charge in [-0.2, -0.15) is 4.31 Å². The van der Waals surface area contributed by atoms with Gasteiger partial charge in [0, 0.05) is 17.9 Å². The molecule has 2 rings (SSSR count). The molecule has 1 aliphatic rings. The lowest BCUT2D eigenvalue weighted by Crippen LogP contribution is -2.43. The topological polar surface area (TPSA) is 37.4 Å². The van der Waals surface area contributed by atoms with Crippen LogP contribution in [0.1, 0.15) is 31.2 Å². The monoisotopic (exact) mass is 429 g/mol. The van der Waals surface area contributed by atoms with E-state index >= 15 is 0 Å². The maximum absolute atomic E-state index is 12.6. The summed E-state index contributed by atoms with van der Waals surface area (Å²) in [5, 5.41) is 0. The van der Waals surface area contributed by atoms with Crippen molar-refractivity contribution in [1.82, 2.24) is 4.31 Å². The molecular formula is C12H17Br2NO2S2. The van der Waals surface area contributed by atoms with Crippen molar-refractivity contribution in [2.45, 2.75) is 47.7 Å². The highest BCUT2D eigenvalue weighted by Crippen LogP contribution is 2.35. The number of aryl methyl sites for hydroxylation is 1. The van der Waals surface area contributed by atoms with Gasteiger partial charge < -0.3 is 0 Å². The molecule has 2 atom stereocenters. The molecule has 7 heteroatoms. The molecule has 2 unspecified atom stereocenters. The third kappa shape index (κ3) is 3.26. The Morgan fingerprint density at radius 2 is 2.00 bits per heavy atom. The zero-order chi connectivity index (χ0) is 14.2. The molecule has 1 aromatic heterocycles. The van der Waals surface area contributed by atoms with Crippen LogP contribution in [0.5, 0.6) is 0 Å². The summed E-state index contributed by atoms with van der Waals surface area (Å²) in [5.74, 6) is 0. The summed E-state index contributed by atoms with van der Waals surface area (Å²) in [6.45, 7) is 1.91. The summed E-state index contributed by atoms with van der Waals surface area (Å²) in [6, 6.07) is 1.80. The number of thiophene rings is 1. The number of halogens is 2. The molecule has 1 aromatic rings. The van der Waals surface area contributed by atoms with Crippen molar-refractivity contribution in [2.24, 2.45) is 0 Å². The fourth-order valence-corrected chi connectivity index (χ4v) is 7.29. The highest BCUT2D eigenvalue weighted by atomic mass is 79.9. The van der Waals surface area contributed by atoms with E-state index in [1.165, 1.54) is 17.8 Å². The lowest BCUT2D eigenvalue weighted by atomic mass is 9.96. The lowest BCUT2D eigenvalue weighted by molar-refractivity contribution is 0.297. The Labute approximate surface area is 135 Å². The Hall–Kier alpha value is 0.570. The summed E-state index contributed by atoms with van der Waals surface area (Å²) < 4.78 is 28.1. The Morgan fingerprint density at radius 1 is 1.37 bits per heavy atom. The maximum atomic E-state index is 12.6. The number of rotatable bonds is 3. The van der Waals surface area contributed by atoms with Gasteiger partial charge in [-0.1, -0.05) is 28.8 Å². The number of sulfonamides is 1. The van der Waals surface area contributed by atoms with Crippen LogP contribution in [0.15, 0.2) is 14.1 Å². The van der Waals surface area contributed by atoms with E-state index in [1.807, 2.05) is 6.92 Å². The molecule has 1 saturated carbocycles. The highest BCUT2D eigenvalue weighted by molar-refractivity contribution is 9.11. The van der Waals surface area contributed by atoms with Crippen LogP contribution in [-0.4, -0.2) is 30.6 Å². The predicted octanol–water partition coefficient (Wildman–Crippen LogP) is 4.15. The van der Waals surface area contributed by atoms with Gasteiger partial charge in [-0.05, 0) is 47.3 Å². The molecule has 3 nitrogen and oxygen atoms in total. The number of hydrogen-bond acceptors (Lipinski definition) is 3. The fourth-order valence-electron chi connectivity index (χ4n) is 2.35. The van der Waals surface area contributed by atoms with E-state index in [-0.39, 0.29) is 10.9 Å². The van der Waals surface area contributed by atoms with Crippen molar-refractivity contribution in [3.8, 4) is 0 Å². The number of nitrogens with zero attached hydrogens (tertiary/aromatic N) is 1. The van der Waals surface area contributed by atoms with Crippen molar-refractivity contribution in [2.75, 3.05) is 7.05 Å². The Morgan fingerprint density at radius 3 is 2.53 bits per heavy atom. The van der Waals surface area contributed by atoms with Crippen LogP contribution >= 0.6 is 43.2 Å². The molecular weight excluding hydrogens is 414 g/mol. The van der Waals surface area contributed by atoms with Crippen molar-refractivity contribution in [1.29, 1.82) is 0 Å². The molecule has 0 spiro atoms. The van der Waals surface area contributed by atoms with Gasteiger partial charge in [0.25, 0.3) is 10.0 Å². The molecule has 19 heavy (non-hydrogen) atoms. The molecule has 1 heterocycles. The molecule has 108 valence electrons. The summed E-state index contributed by atoms with van der Waals surface area (Å²) in [5.41, 5.74) is 0.969.